The Bertz CT molecular complexity index is 269. The molecule has 0 aliphatic rings. The summed E-state index contributed by atoms with van der Waals surface area (Å²) in [5, 5.41) is 8.98. The molecule has 0 aromatic heterocycles. The molecule has 0 radical (unpaired) electrons. The van der Waals surface area contributed by atoms with Crippen molar-refractivity contribution >= 4 is 29.4 Å². The average molecular weight is 333 g/mol. The number of allylic oxidation sites excluding steroid dienone is 1. The number of unbranched alkanes of at least 4 members (excludes halogenated alkanes) is 1. The Morgan fingerprint density at radius 3 is 1.37 bits per heavy atom. The highest BCUT2D eigenvalue weighted by Crippen LogP contribution is 2.38. The van der Waals surface area contributed by atoms with E-state index in [9.17, 15) is 0 Å². The zero-order chi connectivity index (χ0) is 15.5. The standard InChI is InChI=1S/C14H36OSi4/c1-16(2,3)19(17(4,5)6,18(7,8)9)14-12-10-11-13-15/h12,14-15H,10-11,13H2,1-9H3/b14-12-. The molecule has 0 spiro atoms. The Labute approximate surface area is 124 Å². The highest BCUT2D eigenvalue weighted by molar-refractivity contribution is 7.90. The molecule has 5 heteroatoms. The van der Waals surface area contributed by atoms with Crippen LogP contribution in [0.2, 0.25) is 58.9 Å². The van der Waals surface area contributed by atoms with Gasteiger partial charge in [0, 0.05) is 29.4 Å². The first-order valence-electron chi connectivity index (χ1n) is 7.60. The molecule has 0 unspecified atom stereocenters. The van der Waals surface area contributed by atoms with Gasteiger partial charge in [-0.15, -0.1) is 5.70 Å². The quantitative estimate of drug-likeness (QED) is 0.535. The van der Waals surface area contributed by atoms with Gasteiger partial charge < -0.3 is 5.11 Å². The summed E-state index contributed by atoms with van der Waals surface area (Å²) in [4.78, 5) is 0. The minimum Gasteiger partial charge on any atom is -0.396 e. The molecule has 0 aromatic rings. The van der Waals surface area contributed by atoms with Crippen LogP contribution in [0.1, 0.15) is 12.8 Å². The largest absolute Gasteiger partial charge is 0.396 e. The summed E-state index contributed by atoms with van der Waals surface area (Å²) in [6.07, 6.45) is 4.42. The molecule has 114 valence electrons. The van der Waals surface area contributed by atoms with Crippen LogP contribution < -0.4 is 0 Å². The number of rotatable bonds is 7. The van der Waals surface area contributed by atoms with Crippen molar-refractivity contribution in [1.82, 2.24) is 0 Å². The predicted molar refractivity (Wildman–Crippen MR) is 101 cm³/mol. The molecule has 0 aromatic carbocycles. The van der Waals surface area contributed by atoms with Crippen molar-refractivity contribution in [2.75, 3.05) is 6.61 Å². The van der Waals surface area contributed by atoms with E-state index < -0.39 is 29.4 Å². The van der Waals surface area contributed by atoms with Crippen LogP contribution in [0.25, 0.3) is 0 Å². The van der Waals surface area contributed by atoms with Gasteiger partial charge in [0.05, 0.1) is 6.63 Å². The van der Waals surface area contributed by atoms with Crippen LogP contribution in [-0.2, 0) is 0 Å². The maximum atomic E-state index is 8.98. The van der Waals surface area contributed by atoms with Crippen LogP contribution in [0.4, 0.5) is 0 Å². The maximum Gasteiger partial charge on any atom is 0.0593 e. The fourth-order valence-electron chi connectivity index (χ4n) is 4.59. The van der Waals surface area contributed by atoms with Gasteiger partial charge in [-0.1, -0.05) is 65.0 Å². The molecule has 1 N–H and O–H groups in total. The molecule has 0 bridgehead atoms. The second kappa shape index (κ2) is 6.55. The fourth-order valence-corrected chi connectivity index (χ4v) is 99.9. The molecule has 1 nitrogen and oxygen atoms in total. The first-order chi connectivity index (χ1) is 8.31. The lowest BCUT2D eigenvalue weighted by molar-refractivity contribution is 0.289. The summed E-state index contributed by atoms with van der Waals surface area (Å²) in [7, 11) is -3.46. The van der Waals surface area contributed by atoms with E-state index in [2.05, 4.69) is 70.7 Å². The van der Waals surface area contributed by atoms with Gasteiger partial charge in [-0.3, -0.25) is 0 Å². The van der Waals surface area contributed by atoms with Gasteiger partial charge in [0.25, 0.3) is 0 Å². The molecular formula is C14H36OSi4. The fraction of sp³-hybridized carbons (Fsp3) is 0.857. The van der Waals surface area contributed by atoms with Crippen LogP contribution in [0, 0.1) is 0 Å². The first-order valence-corrected chi connectivity index (χ1v) is 23.2. The molecule has 0 aliphatic heterocycles. The first kappa shape index (κ1) is 19.6. The Kier molecular flexibility index (Phi) is 6.75. The molecule has 19 heavy (non-hydrogen) atoms. The number of aliphatic hydroxyl groups is 1. The van der Waals surface area contributed by atoms with Gasteiger partial charge >= 0.3 is 0 Å². The highest BCUT2D eigenvalue weighted by Gasteiger charge is 2.59. The van der Waals surface area contributed by atoms with Gasteiger partial charge in [-0.2, -0.15) is 0 Å². The molecule has 0 heterocycles. The summed E-state index contributed by atoms with van der Waals surface area (Å²) in [6.45, 7) is 22.6. The Balaban J connectivity index is 5.76. The van der Waals surface area contributed by atoms with Crippen molar-refractivity contribution in [3.8, 4) is 0 Å². The van der Waals surface area contributed by atoms with Crippen molar-refractivity contribution in [1.29, 1.82) is 0 Å². The van der Waals surface area contributed by atoms with Gasteiger partial charge in [0.1, 0.15) is 0 Å². The van der Waals surface area contributed by atoms with E-state index in [1.807, 2.05) is 0 Å². The molecule has 0 aliphatic carbocycles. The van der Waals surface area contributed by atoms with Crippen molar-refractivity contribution in [3.63, 3.8) is 0 Å². The van der Waals surface area contributed by atoms with Crippen LogP contribution in [0.15, 0.2) is 11.8 Å². The number of hydrogen-bond acceptors (Lipinski definition) is 1. The van der Waals surface area contributed by atoms with Gasteiger partial charge in [0.2, 0.25) is 0 Å². The SMILES string of the molecule is C[Si](C)(C)[Si](/C=C\CCCO)([Si](C)(C)C)[Si](C)(C)C. The van der Waals surface area contributed by atoms with Crippen molar-refractivity contribution < 1.29 is 5.11 Å². The minimum absolute atomic E-state index is 0.325. The predicted octanol–water partition coefficient (Wildman–Crippen LogP) is 4.55. The summed E-state index contributed by atoms with van der Waals surface area (Å²) >= 11 is 0. The highest BCUT2D eigenvalue weighted by atomic mass is 29.9. The minimum atomic E-state index is -1.30. The average Bonchev–Trinajstić information content (AvgIpc) is 2.10. The molecule has 0 fully saturated rings. The van der Waals surface area contributed by atoms with Crippen molar-refractivity contribution in [3.05, 3.63) is 11.8 Å². The lowest BCUT2D eigenvalue weighted by Crippen LogP contribution is -2.81. The maximum absolute atomic E-state index is 8.98. The molecule has 0 saturated carbocycles. The number of aliphatic hydroxyl groups excluding tert-OH is 1. The van der Waals surface area contributed by atoms with Crippen LogP contribution in [-0.4, -0.2) is 41.1 Å². The smallest absolute Gasteiger partial charge is 0.0593 e. The van der Waals surface area contributed by atoms with Crippen molar-refractivity contribution in [2.24, 2.45) is 0 Å². The Morgan fingerprint density at radius 1 is 0.737 bits per heavy atom. The third-order valence-electron chi connectivity index (χ3n) is 4.45. The second-order valence-electron chi connectivity index (χ2n) is 8.83. The third-order valence-corrected chi connectivity index (χ3v) is 75.6. The van der Waals surface area contributed by atoms with E-state index in [0.717, 1.165) is 12.8 Å². The molecule has 0 atom stereocenters. The Hall–Kier alpha value is 0.568. The molecule has 0 rings (SSSR count). The van der Waals surface area contributed by atoms with E-state index in [1.165, 1.54) is 0 Å². The zero-order valence-electron chi connectivity index (χ0n) is 14.7. The van der Waals surface area contributed by atoms with Crippen LogP contribution >= 0.6 is 0 Å². The Morgan fingerprint density at radius 2 is 1.11 bits per heavy atom. The van der Waals surface area contributed by atoms with Gasteiger partial charge in [-0.25, -0.2) is 0 Å². The number of hydrogen-bond donors (Lipinski definition) is 1. The van der Waals surface area contributed by atoms with E-state index in [0.29, 0.717) is 6.61 Å². The molecule has 0 saturated heterocycles. The summed E-state index contributed by atoms with van der Waals surface area (Å²) in [6, 6.07) is 0. The summed E-state index contributed by atoms with van der Waals surface area (Å²) in [5.74, 6) is 0. The topological polar surface area (TPSA) is 20.2 Å². The second-order valence-corrected chi connectivity index (χ2v) is 49.4. The zero-order valence-corrected chi connectivity index (χ0v) is 18.7. The van der Waals surface area contributed by atoms with Gasteiger partial charge in [-0.05, 0) is 12.8 Å². The summed E-state index contributed by atoms with van der Waals surface area (Å²) in [5.41, 5.74) is 2.76. The van der Waals surface area contributed by atoms with Crippen molar-refractivity contribution in [2.45, 2.75) is 71.8 Å². The molecular weight excluding hydrogens is 296 g/mol. The van der Waals surface area contributed by atoms with Gasteiger partial charge in [0.15, 0.2) is 0 Å². The lowest BCUT2D eigenvalue weighted by atomic mass is 10.3. The van der Waals surface area contributed by atoms with E-state index >= 15 is 0 Å². The van der Waals surface area contributed by atoms with Crippen LogP contribution in [0.3, 0.4) is 0 Å². The van der Waals surface area contributed by atoms with E-state index in [1.54, 1.807) is 0 Å². The van der Waals surface area contributed by atoms with E-state index in [4.69, 9.17) is 5.11 Å². The normalized spacial score (nSPS) is 15.3. The lowest BCUT2D eigenvalue weighted by Gasteiger charge is -2.56. The van der Waals surface area contributed by atoms with Crippen LogP contribution in [0.5, 0.6) is 0 Å². The molecule has 0 amide bonds. The van der Waals surface area contributed by atoms with E-state index in [-0.39, 0.29) is 0 Å². The summed E-state index contributed by atoms with van der Waals surface area (Å²) < 4.78 is 0. The third kappa shape index (κ3) is 4.27. The monoisotopic (exact) mass is 332 g/mol.